The third-order valence-corrected chi connectivity index (χ3v) is 3.74. The highest BCUT2D eigenvalue weighted by atomic mass is 16.5. The SMILES string of the molecule is CC(=C\Oc1ccccc1)/C(=N\c1ccccc1)Oc1ccccc1C. The molecule has 0 amide bonds. The Labute approximate surface area is 154 Å². The molecule has 3 aromatic rings. The highest BCUT2D eigenvalue weighted by Crippen LogP contribution is 2.21. The summed E-state index contributed by atoms with van der Waals surface area (Å²) in [5.74, 6) is 2.04. The maximum atomic E-state index is 6.10. The molecule has 0 bridgehead atoms. The molecule has 3 heteroatoms. The minimum atomic E-state index is 0.501. The van der Waals surface area contributed by atoms with Crippen molar-refractivity contribution in [3.63, 3.8) is 0 Å². The molecule has 0 aromatic heterocycles. The molecule has 0 radical (unpaired) electrons. The monoisotopic (exact) mass is 343 g/mol. The number of aryl methyl sites for hydroxylation is 1. The molecule has 0 fully saturated rings. The van der Waals surface area contributed by atoms with E-state index in [1.165, 1.54) is 0 Å². The molecule has 0 saturated heterocycles. The molecule has 0 aliphatic heterocycles. The fourth-order valence-corrected chi connectivity index (χ4v) is 2.29. The van der Waals surface area contributed by atoms with Crippen LogP contribution in [0.4, 0.5) is 5.69 Å². The Morgan fingerprint density at radius 1 is 0.808 bits per heavy atom. The van der Waals surface area contributed by atoms with Crippen molar-refractivity contribution in [1.29, 1.82) is 0 Å². The highest BCUT2D eigenvalue weighted by molar-refractivity contribution is 5.96. The van der Waals surface area contributed by atoms with E-state index in [0.717, 1.165) is 28.3 Å². The summed E-state index contributed by atoms with van der Waals surface area (Å²) in [5.41, 5.74) is 2.66. The van der Waals surface area contributed by atoms with Crippen LogP contribution in [0.15, 0.2) is 102 Å². The van der Waals surface area contributed by atoms with Crippen LogP contribution in [0.25, 0.3) is 0 Å². The maximum Gasteiger partial charge on any atom is 0.225 e. The molecule has 0 heterocycles. The van der Waals surface area contributed by atoms with Gasteiger partial charge in [-0.15, -0.1) is 0 Å². The van der Waals surface area contributed by atoms with Crippen LogP contribution in [0.5, 0.6) is 11.5 Å². The van der Waals surface area contributed by atoms with Crippen LogP contribution in [0.2, 0.25) is 0 Å². The van der Waals surface area contributed by atoms with Gasteiger partial charge < -0.3 is 9.47 Å². The van der Waals surface area contributed by atoms with Gasteiger partial charge in [0, 0.05) is 5.57 Å². The van der Waals surface area contributed by atoms with Gasteiger partial charge in [0.05, 0.1) is 11.9 Å². The van der Waals surface area contributed by atoms with E-state index in [-0.39, 0.29) is 0 Å². The second-order valence-electron chi connectivity index (χ2n) is 5.85. The van der Waals surface area contributed by atoms with Crippen molar-refractivity contribution >= 4 is 11.6 Å². The standard InChI is InChI=1S/C23H21NO2/c1-18-11-9-10-16-22(18)26-23(24-20-12-5-3-6-13-20)19(2)17-25-21-14-7-4-8-15-21/h3-17H,1-2H3/b19-17+,24-23+. The van der Waals surface area contributed by atoms with E-state index in [4.69, 9.17) is 9.47 Å². The van der Waals surface area contributed by atoms with Crippen LogP contribution in [-0.2, 0) is 0 Å². The van der Waals surface area contributed by atoms with Crippen molar-refractivity contribution in [2.45, 2.75) is 13.8 Å². The number of hydrogen-bond acceptors (Lipinski definition) is 3. The van der Waals surface area contributed by atoms with Gasteiger partial charge in [0.25, 0.3) is 0 Å². The van der Waals surface area contributed by atoms with Gasteiger partial charge in [0.1, 0.15) is 11.5 Å². The van der Waals surface area contributed by atoms with E-state index in [0.29, 0.717) is 5.90 Å². The van der Waals surface area contributed by atoms with Gasteiger partial charge in [-0.2, -0.15) is 0 Å². The molecule has 3 rings (SSSR count). The van der Waals surface area contributed by atoms with Crippen molar-refractivity contribution in [3.05, 3.63) is 102 Å². The van der Waals surface area contributed by atoms with Gasteiger partial charge in [-0.05, 0) is 49.7 Å². The molecular formula is C23H21NO2. The highest BCUT2D eigenvalue weighted by Gasteiger charge is 2.09. The zero-order valence-corrected chi connectivity index (χ0v) is 14.9. The Morgan fingerprint density at radius 2 is 1.42 bits per heavy atom. The number of para-hydroxylation sites is 3. The molecule has 26 heavy (non-hydrogen) atoms. The molecule has 0 aliphatic rings. The van der Waals surface area contributed by atoms with Gasteiger partial charge in [-0.25, -0.2) is 4.99 Å². The molecule has 3 nitrogen and oxygen atoms in total. The van der Waals surface area contributed by atoms with E-state index in [1.54, 1.807) is 6.26 Å². The largest absolute Gasteiger partial charge is 0.465 e. The third kappa shape index (κ3) is 4.84. The summed E-state index contributed by atoms with van der Waals surface area (Å²) in [6.45, 7) is 3.93. The average Bonchev–Trinajstić information content (AvgIpc) is 2.69. The summed E-state index contributed by atoms with van der Waals surface area (Å²) in [4.78, 5) is 4.65. The number of aliphatic imine (C=N–C) groups is 1. The summed E-state index contributed by atoms with van der Waals surface area (Å²) < 4.78 is 11.8. The molecule has 0 saturated carbocycles. The summed E-state index contributed by atoms with van der Waals surface area (Å²) >= 11 is 0. The lowest BCUT2D eigenvalue weighted by Crippen LogP contribution is -2.11. The van der Waals surface area contributed by atoms with Crippen LogP contribution < -0.4 is 9.47 Å². The first kappa shape index (κ1) is 17.5. The zero-order chi connectivity index (χ0) is 18.2. The third-order valence-electron chi connectivity index (χ3n) is 3.74. The van der Waals surface area contributed by atoms with Crippen LogP contribution in [-0.4, -0.2) is 5.90 Å². The van der Waals surface area contributed by atoms with Crippen LogP contribution in [0.1, 0.15) is 12.5 Å². The fraction of sp³-hybridized carbons (Fsp3) is 0.0870. The Bertz CT molecular complexity index is 900. The number of nitrogens with zero attached hydrogens (tertiary/aromatic N) is 1. The first-order valence-corrected chi connectivity index (χ1v) is 8.48. The molecule has 0 N–H and O–H groups in total. The van der Waals surface area contributed by atoms with Gasteiger partial charge in [-0.1, -0.05) is 54.6 Å². The van der Waals surface area contributed by atoms with Crippen molar-refractivity contribution in [2.75, 3.05) is 0 Å². The summed E-state index contributed by atoms with van der Waals surface area (Å²) in [7, 11) is 0. The lowest BCUT2D eigenvalue weighted by molar-refractivity contribution is 0.473. The smallest absolute Gasteiger partial charge is 0.225 e. The van der Waals surface area contributed by atoms with Crippen molar-refractivity contribution in [3.8, 4) is 11.5 Å². The van der Waals surface area contributed by atoms with E-state index >= 15 is 0 Å². The minimum absolute atomic E-state index is 0.501. The predicted octanol–water partition coefficient (Wildman–Crippen LogP) is 6.09. The fourth-order valence-electron chi connectivity index (χ4n) is 2.29. The molecule has 0 unspecified atom stereocenters. The molecule has 0 spiro atoms. The Hall–Kier alpha value is -3.33. The number of hydrogen-bond donors (Lipinski definition) is 0. The van der Waals surface area contributed by atoms with Crippen LogP contribution in [0.3, 0.4) is 0 Å². The van der Waals surface area contributed by atoms with Crippen LogP contribution in [0, 0.1) is 6.92 Å². The number of ether oxygens (including phenoxy) is 2. The topological polar surface area (TPSA) is 30.8 Å². The summed E-state index contributed by atoms with van der Waals surface area (Å²) in [5, 5.41) is 0. The second kappa shape index (κ2) is 8.67. The molecule has 0 atom stereocenters. The maximum absolute atomic E-state index is 6.10. The Kier molecular flexibility index (Phi) is 5.84. The van der Waals surface area contributed by atoms with Gasteiger partial charge in [0.2, 0.25) is 5.90 Å². The Balaban J connectivity index is 1.89. The minimum Gasteiger partial charge on any atom is -0.465 e. The van der Waals surface area contributed by atoms with Crippen molar-refractivity contribution < 1.29 is 9.47 Å². The molecule has 0 aliphatic carbocycles. The van der Waals surface area contributed by atoms with E-state index < -0.39 is 0 Å². The number of rotatable bonds is 5. The lowest BCUT2D eigenvalue weighted by Gasteiger charge is -2.12. The van der Waals surface area contributed by atoms with Gasteiger partial charge >= 0.3 is 0 Å². The summed E-state index contributed by atoms with van der Waals surface area (Å²) in [6.07, 6.45) is 1.66. The molecular weight excluding hydrogens is 322 g/mol. The Morgan fingerprint density at radius 3 is 2.12 bits per heavy atom. The first-order valence-electron chi connectivity index (χ1n) is 8.48. The summed E-state index contributed by atoms with van der Waals surface area (Å²) in [6, 6.07) is 27.2. The van der Waals surface area contributed by atoms with Gasteiger partial charge in [0.15, 0.2) is 0 Å². The predicted molar refractivity (Wildman–Crippen MR) is 106 cm³/mol. The van der Waals surface area contributed by atoms with E-state index in [2.05, 4.69) is 4.99 Å². The van der Waals surface area contributed by atoms with E-state index in [9.17, 15) is 0 Å². The number of benzene rings is 3. The van der Waals surface area contributed by atoms with Gasteiger partial charge in [-0.3, -0.25) is 0 Å². The molecule has 3 aromatic carbocycles. The van der Waals surface area contributed by atoms with Crippen molar-refractivity contribution in [2.24, 2.45) is 4.99 Å². The average molecular weight is 343 g/mol. The van der Waals surface area contributed by atoms with E-state index in [1.807, 2.05) is 98.8 Å². The quantitative estimate of drug-likeness (QED) is 0.319. The zero-order valence-electron chi connectivity index (χ0n) is 14.9. The second-order valence-corrected chi connectivity index (χ2v) is 5.85. The van der Waals surface area contributed by atoms with Crippen LogP contribution >= 0.6 is 0 Å². The van der Waals surface area contributed by atoms with Crippen molar-refractivity contribution in [1.82, 2.24) is 0 Å². The lowest BCUT2D eigenvalue weighted by atomic mass is 10.2. The normalized spacial score (nSPS) is 11.9. The molecule has 130 valence electrons. The first-order chi connectivity index (χ1) is 12.7.